The van der Waals surface area contributed by atoms with Crippen molar-refractivity contribution < 1.29 is 4.79 Å². The van der Waals surface area contributed by atoms with E-state index in [2.05, 4.69) is 15.2 Å². The van der Waals surface area contributed by atoms with Gasteiger partial charge in [0.05, 0.1) is 0 Å². The van der Waals surface area contributed by atoms with Crippen LogP contribution in [0.3, 0.4) is 0 Å². The van der Waals surface area contributed by atoms with Gasteiger partial charge in [0.25, 0.3) is 11.5 Å². The van der Waals surface area contributed by atoms with Crippen molar-refractivity contribution in [3.05, 3.63) is 32.6 Å². The first-order chi connectivity index (χ1) is 9.35. The van der Waals surface area contributed by atoms with Crippen LogP contribution >= 0.6 is 0 Å². The zero-order valence-electron chi connectivity index (χ0n) is 11.8. The molecule has 110 valence electrons. The molecule has 7 heteroatoms. The van der Waals surface area contributed by atoms with Gasteiger partial charge in [-0.15, -0.1) is 0 Å². The maximum absolute atomic E-state index is 12.1. The SMILES string of the molecule is CC(C)(CN1CCCC1)NC(=O)c1cc(=O)[nH]c(=O)[nH]1. The van der Waals surface area contributed by atoms with Crippen molar-refractivity contribution in [3.8, 4) is 0 Å². The van der Waals surface area contributed by atoms with Gasteiger partial charge in [0.1, 0.15) is 5.69 Å². The molecular formula is C13H20N4O3. The number of nitrogens with one attached hydrogen (secondary N) is 3. The quantitative estimate of drug-likeness (QED) is 0.703. The minimum Gasteiger partial charge on any atom is -0.345 e. The van der Waals surface area contributed by atoms with E-state index in [1.165, 1.54) is 12.8 Å². The van der Waals surface area contributed by atoms with E-state index in [0.717, 1.165) is 25.7 Å². The number of aromatic amines is 2. The van der Waals surface area contributed by atoms with Gasteiger partial charge in [0.2, 0.25) is 0 Å². The molecule has 1 saturated heterocycles. The molecule has 2 rings (SSSR count). The molecule has 0 atom stereocenters. The first-order valence-electron chi connectivity index (χ1n) is 6.74. The Morgan fingerprint density at radius 3 is 2.55 bits per heavy atom. The average Bonchev–Trinajstić information content (AvgIpc) is 2.78. The molecule has 1 aliphatic rings. The molecule has 0 bridgehead atoms. The summed E-state index contributed by atoms with van der Waals surface area (Å²) in [6.07, 6.45) is 2.37. The number of aromatic nitrogens is 2. The minimum absolute atomic E-state index is 0.0201. The van der Waals surface area contributed by atoms with E-state index in [1.807, 2.05) is 18.8 Å². The number of hydrogen-bond acceptors (Lipinski definition) is 4. The molecule has 2 heterocycles. The maximum atomic E-state index is 12.1. The van der Waals surface area contributed by atoms with Crippen LogP contribution in [0, 0.1) is 0 Å². The summed E-state index contributed by atoms with van der Waals surface area (Å²) in [6.45, 7) is 6.68. The predicted octanol–water partition coefficient (Wildman–Crippen LogP) is -0.333. The number of carbonyl (C=O) groups excluding carboxylic acids is 1. The third kappa shape index (κ3) is 3.80. The highest BCUT2D eigenvalue weighted by Gasteiger charge is 2.26. The Hall–Kier alpha value is -1.89. The summed E-state index contributed by atoms with van der Waals surface area (Å²) in [5.74, 6) is -0.447. The summed E-state index contributed by atoms with van der Waals surface area (Å²) in [5, 5.41) is 2.85. The number of nitrogens with zero attached hydrogens (tertiary/aromatic N) is 1. The summed E-state index contributed by atoms with van der Waals surface area (Å²) in [6, 6.07) is 1.09. The van der Waals surface area contributed by atoms with Crippen molar-refractivity contribution in [3.63, 3.8) is 0 Å². The fraction of sp³-hybridized carbons (Fsp3) is 0.615. The van der Waals surface area contributed by atoms with Gasteiger partial charge < -0.3 is 15.2 Å². The highest BCUT2D eigenvalue weighted by molar-refractivity contribution is 5.92. The lowest BCUT2D eigenvalue weighted by Gasteiger charge is -2.31. The van der Waals surface area contributed by atoms with Crippen molar-refractivity contribution in [2.75, 3.05) is 19.6 Å². The van der Waals surface area contributed by atoms with Crippen LogP contribution in [0.25, 0.3) is 0 Å². The fourth-order valence-corrected chi connectivity index (χ4v) is 2.50. The van der Waals surface area contributed by atoms with Crippen LogP contribution in [0.15, 0.2) is 15.7 Å². The van der Waals surface area contributed by atoms with Gasteiger partial charge in [0, 0.05) is 18.2 Å². The largest absolute Gasteiger partial charge is 0.345 e. The highest BCUT2D eigenvalue weighted by atomic mass is 16.2. The zero-order valence-corrected chi connectivity index (χ0v) is 11.8. The van der Waals surface area contributed by atoms with Crippen molar-refractivity contribution in [1.29, 1.82) is 0 Å². The predicted molar refractivity (Wildman–Crippen MR) is 74.9 cm³/mol. The van der Waals surface area contributed by atoms with Gasteiger partial charge in [-0.05, 0) is 39.8 Å². The summed E-state index contributed by atoms with van der Waals surface area (Å²) >= 11 is 0. The number of rotatable bonds is 4. The molecule has 1 amide bonds. The summed E-state index contributed by atoms with van der Waals surface area (Å²) in [5.41, 5.74) is -1.72. The molecule has 0 spiro atoms. The molecular weight excluding hydrogens is 260 g/mol. The third-order valence-electron chi connectivity index (χ3n) is 3.27. The van der Waals surface area contributed by atoms with Gasteiger partial charge >= 0.3 is 5.69 Å². The topological polar surface area (TPSA) is 98.1 Å². The number of H-pyrrole nitrogens is 2. The lowest BCUT2D eigenvalue weighted by atomic mass is 10.0. The summed E-state index contributed by atoms with van der Waals surface area (Å²) in [7, 11) is 0. The smallest absolute Gasteiger partial charge is 0.326 e. The van der Waals surface area contributed by atoms with Gasteiger partial charge in [-0.2, -0.15) is 0 Å². The van der Waals surface area contributed by atoms with E-state index in [-0.39, 0.29) is 5.69 Å². The molecule has 0 unspecified atom stereocenters. The Balaban J connectivity index is 2.05. The number of hydrogen-bond donors (Lipinski definition) is 3. The molecule has 20 heavy (non-hydrogen) atoms. The molecule has 7 nitrogen and oxygen atoms in total. The number of amides is 1. The molecule has 1 fully saturated rings. The van der Waals surface area contributed by atoms with E-state index in [9.17, 15) is 14.4 Å². The molecule has 0 aromatic carbocycles. The Morgan fingerprint density at radius 1 is 1.30 bits per heavy atom. The standard InChI is InChI=1S/C13H20N4O3/c1-13(2,8-17-5-3-4-6-17)16-11(19)9-7-10(18)15-12(20)14-9/h7H,3-6,8H2,1-2H3,(H,16,19)(H2,14,15,18,20). The Bertz CT molecular complexity index is 568. The van der Waals surface area contributed by atoms with Crippen LogP contribution in [0.4, 0.5) is 0 Å². The summed E-state index contributed by atoms with van der Waals surface area (Å²) in [4.78, 5) is 41.1. The molecule has 1 aromatic rings. The minimum atomic E-state index is -0.681. The van der Waals surface area contributed by atoms with Crippen molar-refractivity contribution in [2.24, 2.45) is 0 Å². The highest BCUT2D eigenvalue weighted by Crippen LogP contribution is 2.13. The van der Waals surface area contributed by atoms with Gasteiger partial charge in [0.15, 0.2) is 0 Å². The molecule has 0 aliphatic carbocycles. The monoisotopic (exact) mass is 280 g/mol. The Kier molecular flexibility index (Phi) is 4.08. The molecule has 1 aliphatic heterocycles. The lowest BCUT2D eigenvalue weighted by Crippen LogP contribution is -2.51. The van der Waals surface area contributed by atoms with Crippen molar-refractivity contribution >= 4 is 5.91 Å². The second kappa shape index (κ2) is 5.62. The Morgan fingerprint density at radius 2 is 1.95 bits per heavy atom. The van der Waals surface area contributed by atoms with Crippen LogP contribution < -0.4 is 16.6 Å². The normalized spacial score (nSPS) is 16.3. The van der Waals surface area contributed by atoms with E-state index >= 15 is 0 Å². The number of likely N-dealkylation sites (tertiary alicyclic amines) is 1. The zero-order chi connectivity index (χ0) is 14.8. The Labute approximate surface area is 116 Å². The van der Waals surface area contributed by atoms with Crippen molar-refractivity contribution in [2.45, 2.75) is 32.2 Å². The molecule has 1 aromatic heterocycles. The van der Waals surface area contributed by atoms with Crippen LogP contribution in [0.1, 0.15) is 37.2 Å². The fourth-order valence-electron chi connectivity index (χ4n) is 2.50. The van der Waals surface area contributed by atoms with E-state index in [0.29, 0.717) is 0 Å². The van der Waals surface area contributed by atoms with E-state index in [1.54, 1.807) is 0 Å². The first-order valence-corrected chi connectivity index (χ1v) is 6.74. The van der Waals surface area contributed by atoms with Crippen LogP contribution in [-0.2, 0) is 0 Å². The van der Waals surface area contributed by atoms with Crippen LogP contribution in [-0.4, -0.2) is 45.9 Å². The molecule has 0 radical (unpaired) electrons. The third-order valence-corrected chi connectivity index (χ3v) is 3.27. The molecule has 3 N–H and O–H groups in total. The summed E-state index contributed by atoms with van der Waals surface area (Å²) < 4.78 is 0. The second-order valence-electron chi connectivity index (χ2n) is 5.82. The number of carbonyl (C=O) groups is 1. The average molecular weight is 280 g/mol. The maximum Gasteiger partial charge on any atom is 0.326 e. The van der Waals surface area contributed by atoms with Gasteiger partial charge in [-0.3, -0.25) is 14.6 Å². The van der Waals surface area contributed by atoms with Crippen LogP contribution in [0.2, 0.25) is 0 Å². The molecule has 0 saturated carbocycles. The van der Waals surface area contributed by atoms with Crippen molar-refractivity contribution in [1.82, 2.24) is 20.2 Å². The van der Waals surface area contributed by atoms with E-state index in [4.69, 9.17) is 0 Å². The lowest BCUT2D eigenvalue weighted by molar-refractivity contribution is 0.0888. The van der Waals surface area contributed by atoms with Gasteiger partial charge in [-0.25, -0.2) is 4.79 Å². The second-order valence-corrected chi connectivity index (χ2v) is 5.82. The van der Waals surface area contributed by atoms with E-state index < -0.39 is 22.7 Å². The first kappa shape index (κ1) is 14.5. The van der Waals surface area contributed by atoms with Crippen LogP contribution in [0.5, 0.6) is 0 Å². The van der Waals surface area contributed by atoms with Gasteiger partial charge in [-0.1, -0.05) is 0 Å².